The predicted octanol–water partition coefficient (Wildman–Crippen LogP) is 3.97. The number of carboxylic acids is 1. The van der Waals surface area contributed by atoms with Gasteiger partial charge in [-0.05, 0) is 50.7 Å². The summed E-state index contributed by atoms with van der Waals surface area (Å²) < 4.78 is 2.89. The summed E-state index contributed by atoms with van der Waals surface area (Å²) in [5.41, 5.74) is 0.371. The van der Waals surface area contributed by atoms with E-state index in [1.54, 1.807) is 5.38 Å². The molecule has 0 fully saturated rings. The van der Waals surface area contributed by atoms with Crippen LogP contribution in [0.2, 0.25) is 0 Å². The fraction of sp³-hybridized carbons (Fsp3) is 0. The molecule has 2 nitrogen and oxygen atoms in total. The maximum absolute atomic E-state index is 10.9. The maximum atomic E-state index is 10.9. The summed E-state index contributed by atoms with van der Waals surface area (Å²) in [6.45, 7) is 0. The number of thiophene rings is 1. The van der Waals surface area contributed by atoms with Crippen molar-refractivity contribution < 1.29 is 9.90 Å². The SMILES string of the molecule is O=C(O)c1csc2ccc(I)c(Br)c12. The highest BCUT2D eigenvalue weighted by molar-refractivity contribution is 14.1. The Bertz CT molecular complexity index is 521. The molecule has 1 heterocycles. The average Bonchev–Trinajstić information content (AvgIpc) is 2.55. The number of halogens is 2. The Morgan fingerprint density at radius 2 is 2.21 bits per heavy atom. The first-order valence-electron chi connectivity index (χ1n) is 3.69. The van der Waals surface area contributed by atoms with Crippen molar-refractivity contribution in [2.24, 2.45) is 0 Å². The van der Waals surface area contributed by atoms with Gasteiger partial charge in [0.25, 0.3) is 0 Å². The van der Waals surface area contributed by atoms with Gasteiger partial charge >= 0.3 is 5.97 Å². The van der Waals surface area contributed by atoms with Gasteiger partial charge in [0.05, 0.1) is 5.56 Å². The van der Waals surface area contributed by atoms with Crippen molar-refractivity contribution in [3.05, 3.63) is 31.1 Å². The normalized spacial score (nSPS) is 10.7. The Labute approximate surface area is 106 Å². The van der Waals surface area contributed by atoms with E-state index in [4.69, 9.17) is 5.11 Å². The van der Waals surface area contributed by atoms with Gasteiger partial charge in [-0.2, -0.15) is 0 Å². The molecular weight excluding hydrogens is 379 g/mol. The molecule has 1 N–H and O–H groups in total. The van der Waals surface area contributed by atoms with Crippen LogP contribution in [-0.2, 0) is 0 Å². The molecule has 0 aliphatic carbocycles. The van der Waals surface area contributed by atoms with Gasteiger partial charge in [-0.25, -0.2) is 4.79 Å². The summed E-state index contributed by atoms with van der Waals surface area (Å²) in [5.74, 6) is -0.876. The van der Waals surface area contributed by atoms with Crippen LogP contribution in [0.15, 0.2) is 22.0 Å². The molecule has 0 saturated heterocycles. The van der Waals surface area contributed by atoms with Crippen molar-refractivity contribution in [2.45, 2.75) is 0 Å². The molecule has 0 atom stereocenters. The van der Waals surface area contributed by atoms with E-state index >= 15 is 0 Å². The smallest absolute Gasteiger partial charge is 0.337 e. The Morgan fingerprint density at radius 3 is 2.86 bits per heavy atom. The number of hydrogen-bond acceptors (Lipinski definition) is 2. The van der Waals surface area contributed by atoms with E-state index in [-0.39, 0.29) is 0 Å². The van der Waals surface area contributed by atoms with E-state index in [1.165, 1.54) is 11.3 Å². The number of carbonyl (C=O) groups is 1. The first-order chi connectivity index (χ1) is 6.61. The molecule has 0 unspecified atom stereocenters. The number of carboxylic acid groups (broad SMARTS) is 1. The second-order valence-corrected chi connectivity index (χ2v) is 5.56. The van der Waals surface area contributed by atoms with Crippen molar-refractivity contribution >= 4 is 65.9 Å². The number of benzene rings is 1. The molecule has 0 aliphatic rings. The van der Waals surface area contributed by atoms with Gasteiger partial charge < -0.3 is 5.11 Å². The lowest BCUT2D eigenvalue weighted by Gasteiger charge is -1.99. The topological polar surface area (TPSA) is 37.3 Å². The van der Waals surface area contributed by atoms with Crippen LogP contribution in [0, 0.1) is 3.57 Å². The molecule has 72 valence electrons. The van der Waals surface area contributed by atoms with Crippen molar-refractivity contribution in [3.8, 4) is 0 Å². The van der Waals surface area contributed by atoms with Crippen LogP contribution >= 0.6 is 49.9 Å². The second kappa shape index (κ2) is 3.79. The summed E-state index contributed by atoms with van der Waals surface area (Å²) in [6, 6.07) is 3.91. The molecule has 2 rings (SSSR count). The van der Waals surface area contributed by atoms with E-state index in [0.29, 0.717) is 5.56 Å². The minimum absolute atomic E-state index is 0.371. The number of hydrogen-bond donors (Lipinski definition) is 1. The molecule has 0 radical (unpaired) electrons. The van der Waals surface area contributed by atoms with Crippen LogP contribution in [-0.4, -0.2) is 11.1 Å². The molecule has 1 aromatic heterocycles. The summed E-state index contributed by atoms with van der Waals surface area (Å²) in [5, 5.41) is 11.4. The zero-order valence-corrected chi connectivity index (χ0v) is 11.3. The predicted molar refractivity (Wildman–Crippen MR) is 69.2 cm³/mol. The summed E-state index contributed by atoms with van der Waals surface area (Å²) in [4.78, 5) is 10.9. The minimum Gasteiger partial charge on any atom is -0.478 e. The lowest BCUT2D eigenvalue weighted by molar-refractivity contribution is 0.0699. The van der Waals surface area contributed by atoms with Gasteiger partial charge in [-0.15, -0.1) is 11.3 Å². The second-order valence-electron chi connectivity index (χ2n) is 2.69. The Kier molecular flexibility index (Phi) is 2.81. The largest absolute Gasteiger partial charge is 0.478 e. The van der Waals surface area contributed by atoms with Gasteiger partial charge in [0.1, 0.15) is 0 Å². The van der Waals surface area contributed by atoms with E-state index in [9.17, 15) is 4.79 Å². The first kappa shape index (κ1) is 10.4. The molecule has 0 bridgehead atoms. The Hall–Kier alpha value is -0.140. The van der Waals surface area contributed by atoms with Crippen LogP contribution < -0.4 is 0 Å². The van der Waals surface area contributed by atoms with Gasteiger partial charge in [-0.3, -0.25) is 0 Å². The van der Waals surface area contributed by atoms with Crippen LogP contribution in [0.1, 0.15) is 10.4 Å². The van der Waals surface area contributed by atoms with Crippen molar-refractivity contribution in [3.63, 3.8) is 0 Å². The fourth-order valence-electron chi connectivity index (χ4n) is 1.22. The zero-order valence-electron chi connectivity index (χ0n) is 6.75. The summed E-state index contributed by atoms with van der Waals surface area (Å²) in [6.07, 6.45) is 0. The van der Waals surface area contributed by atoms with E-state index in [0.717, 1.165) is 18.1 Å². The van der Waals surface area contributed by atoms with E-state index < -0.39 is 5.97 Å². The molecule has 1 aromatic carbocycles. The summed E-state index contributed by atoms with van der Waals surface area (Å²) >= 11 is 7.04. The molecule has 5 heteroatoms. The molecular formula is C9H4BrIO2S. The molecule has 0 amide bonds. The lowest BCUT2D eigenvalue weighted by atomic mass is 10.2. The van der Waals surface area contributed by atoms with E-state index in [2.05, 4.69) is 38.5 Å². The highest BCUT2D eigenvalue weighted by Gasteiger charge is 2.14. The van der Waals surface area contributed by atoms with Crippen molar-refractivity contribution in [1.82, 2.24) is 0 Å². The lowest BCUT2D eigenvalue weighted by Crippen LogP contribution is -1.94. The highest BCUT2D eigenvalue weighted by Crippen LogP contribution is 2.35. The monoisotopic (exact) mass is 382 g/mol. The van der Waals surface area contributed by atoms with Gasteiger partial charge in [0.2, 0.25) is 0 Å². The van der Waals surface area contributed by atoms with Gasteiger partial charge in [0, 0.05) is 23.5 Å². The molecule has 0 saturated carbocycles. The summed E-state index contributed by atoms with van der Waals surface area (Å²) in [7, 11) is 0. The third-order valence-corrected chi connectivity index (χ3v) is 5.27. The maximum Gasteiger partial charge on any atom is 0.337 e. The first-order valence-corrected chi connectivity index (χ1v) is 6.45. The molecule has 14 heavy (non-hydrogen) atoms. The van der Waals surface area contributed by atoms with E-state index in [1.807, 2.05) is 12.1 Å². The fourth-order valence-corrected chi connectivity index (χ4v) is 3.30. The van der Waals surface area contributed by atoms with Crippen molar-refractivity contribution in [2.75, 3.05) is 0 Å². The third-order valence-electron chi connectivity index (χ3n) is 1.86. The molecule has 0 spiro atoms. The average molecular weight is 383 g/mol. The highest BCUT2D eigenvalue weighted by atomic mass is 127. The van der Waals surface area contributed by atoms with Gasteiger partial charge in [0.15, 0.2) is 0 Å². The number of rotatable bonds is 1. The zero-order chi connectivity index (χ0) is 10.3. The number of fused-ring (bicyclic) bond motifs is 1. The van der Waals surface area contributed by atoms with Gasteiger partial charge in [-0.1, -0.05) is 0 Å². The van der Waals surface area contributed by atoms with Crippen LogP contribution in [0.3, 0.4) is 0 Å². The standard InChI is InChI=1S/C9H4BrIO2S/c10-8-5(11)1-2-6-7(8)4(3-14-6)9(12)13/h1-3H,(H,12,13). The number of aromatic carboxylic acids is 1. The minimum atomic E-state index is -0.876. The quantitative estimate of drug-likeness (QED) is 0.758. The Balaban J connectivity index is 2.89. The third kappa shape index (κ3) is 1.57. The molecule has 0 aliphatic heterocycles. The van der Waals surface area contributed by atoms with Crippen LogP contribution in [0.25, 0.3) is 10.1 Å². The van der Waals surface area contributed by atoms with Crippen LogP contribution in [0.4, 0.5) is 0 Å². The van der Waals surface area contributed by atoms with Crippen molar-refractivity contribution in [1.29, 1.82) is 0 Å². The van der Waals surface area contributed by atoms with Crippen LogP contribution in [0.5, 0.6) is 0 Å². The molecule has 2 aromatic rings. The Morgan fingerprint density at radius 1 is 1.50 bits per heavy atom.